The van der Waals surface area contributed by atoms with Crippen molar-refractivity contribution in [3.8, 4) is 0 Å². The highest BCUT2D eigenvalue weighted by Gasteiger charge is 2.27. The predicted octanol–water partition coefficient (Wildman–Crippen LogP) is 2.48. The normalized spacial score (nSPS) is 12.0. The van der Waals surface area contributed by atoms with Crippen molar-refractivity contribution in [2.45, 2.75) is 52.1 Å². The van der Waals surface area contributed by atoms with Gasteiger partial charge in [-0.3, -0.25) is 9.48 Å². The summed E-state index contributed by atoms with van der Waals surface area (Å²) in [5.74, 6) is -0.183. The van der Waals surface area contributed by atoms with E-state index in [1.165, 1.54) is 4.68 Å². The molecule has 0 saturated heterocycles. The van der Waals surface area contributed by atoms with E-state index in [-0.39, 0.29) is 18.4 Å². The Morgan fingerprint density at radius 2 is 2.00 bits per heavy atom. The van der Waals surface area contributed by atoms with E-state index in [4.69, 9.17) is 11.6 Å². The molecule has 114 valence electrons. The van der Waals surface area contributed by atoms with E-state index < -0.39 is 5.60 Å². The van der Waals surface area contributed by atoms with Gasteiger partial charge in [-0.2, -0.15) is 5.10 Å². The van der Waals surface area contributed by atoms with Gasteiger partial charge in [0, 0.05) is 13.6 Å². The van der Waals surface area contributed by atoms with Crippen molar-refractivity contribution >= 4 is 17.5 Å². The Kier molecular flexibility index (Phi) is 5.59. The van der Waals surface area contributed by atoms with Crippen molar-refractivity contribution in [1.29, 1.82) is 0 Å². The second-order valence-corrected chi connectivity index (χ2v) is 5.80. The van der Waals surface area contributed by atoms with Crippen molar-refractivity contribution in [2.24, 2.45) is 7.05 Å². The van der Waals surface area contributed by atoms with Gasteiger partial charge in [0.15, 0.2) is 0 Å². The molecule has 6 heteroatoms. The Morgan fingerprint density at radius 1 is 1.45 bits per heavy atom. The van der Waals surface area contributed by atoms with Crippen molar-refractivity contribution in [3.63, 3.8) is 0 Å². The fraction of sp³-hybridized carbons (Fsp3) is 0.714. The number of rotatable bonds is 6. The number of nitrogens with zero attached hydrogens (tertiary/aromatic N) is 2. The lowest BCUT2D eigenvalue weighted by Gasteiger charge is -2.25. The van der Waals surface area contributed by atoms with E-state index in [2.05, 4.69) is 10.4 Å². The first-order valence-corrected chi connectivity index (χ1v) is 7.36. The van der Waals surface area contributed by atoms with Gasteiger partial charge in [-0.25, -0.2) is 0 Å². The average molecular weight is 302 g/mol. The minimum atomic E-state index is -0.873. The largest absolute Gasteiger partial charge is 0.388 e. The average Bonchev–Trinajstić information content (AvgIpc) is 2.72. The molecule has 1 aromatic rings. The van der Waals surface area contributed by atoms with E-state index in [1.807, 2.05) is 27.7 Å². The lowest BCUT2D eigenvalue weighted by molar-refractivity contribution is 0.0314. The van der Waals surface area contributed by atoms with Crippen molar-refractivity contribution in [3.05, 3.63) is 16.4 Å². The number of hydrogen-bond acceptors (Lipinski definition) is 3. The molecule has 1 rings (SSSR count). The van der Waals surface area contributed by atoms with Crippen LogP contribution in [0.1, 0.15) is 62.5 Å². The maximum Gasteiger partial charge on any atom is 0.256 e. The molecule has 0 aliphatic carbocycles. The minimum Gasteiger partial charge on any atom is -0.388 e. The SMILES string of the molecule is CCC(O)(CC)CNC(=O)c1c(C(C)C)nn(C)c1Cl. The number of amides is 1. The highest BCUT2D eigenvalue weighted by molar-refractivity contribution is 6.33. The molecule has 1 amide bonds. The zero-order valence-corrected chi connectivity index (χ0v) is 13.6. The Hall–Kier alpha value is -1.07. The lowest BCUT2D eigenvalue weighted by Crippen LogP contribution is -2.42. The number of carbonyl (C=O) groups excluding carboxylic acids is 1. The highest BCUT2D eigenvalue weighted by Crippen LogP contribution is 2.25. The molecular weight excluding hydrogens is 278 g/mol. The fourth-order valence-electron chi connectivity index (χ4n) is 1.97. The molecule has 0 aliphatic heterocycles. The van der Waals surface area contributed by atoms with Crippen molar-refractivity contribution in [2.75, 3.05) is 6.54 Å². The molecular formula is C14H24ClN3O2. The monoisotopic (exact) mass is 301 g/mol. The Morgan fingerprint density at radius 3 is 2.45 bits per heavy atom. The van der Waals surface area contributed by atoms with Gasteiger partial charge < -0.3 is 10.4 Å². The topological polar surface area (TPSA) is 67.2 Å². The summed E-state index contributed by atoms with van der Waals surface area (Å²) in [6, 6.07) is 0. The summed E-state index contributed by atoms with van der Waals surface area (Å²) in [5, 5.41) is 17.6. The summed E-state index contributed by atoms with van der Waals surface area (Å²) >= 11 is 6.15. The molecule has 2 N–H and O–H groups in total. The smallest absolute Gasteiger partial charge is 0.256 e. The third-order valence-electron chi connectivity index (χ3n) is 3.67. The van der Waals surface area contributed by atoms with E-state index in [0.29, 0.717) is 29.3 Å². The molecule has 0 fully saturated rings. The van der Waals surface area contributed by atoms with Crippen molar-refractivity contribution < 1.29 is 9.90 Å². The van der Waals surface area contributed by atoms with Crippen LogP contribution in [0.15, 0.2) is 0 Å². The molecule has 0 bridgehead atoms. The summed E-state index contributed by atoms with van der Waals surface area (Å²) in [6.45, 7) is 7.92. The van der Waals surface area contributed by atoms with Gasteiger partial charge in [0.2, 0.25) is 0 Å². The summed E-state index contributed by atoms with van der Waals surface area (Å²) in [4.78, 5) is 12.3. The zero-order chi connectivity index (χ0) is 15.5. The van der Waals surface area contributed by atoms with Gasteiger partial charge in [0.1, 0.15) is 5.15 Å². The van der Waals surface area contributed by atoms with Crippen LogP contribution in [0.3, 0.4) is 0 Å². The fourth-order valence-corrected chi connectivity index (χ4v) is 2.19. The van der Waals surface area contributed by atoms with E-state index in [0.717, 1.165) is 0 Å². The molecule has 0 aliphatic rings. The number of halogens is 1. The van der Waals surface area contributed by atoms with Gasteiger partial charge in [-0.1, -0.05) is 39.3 Å². The number of nitrogens with one attached hydrogen (secondary N) is 1. The quantitative estimate of drug-likeness (QED) is 0.848. The Labute approximate surface area is 125 Å². The van der Waals surface area contributed by atoms with E-state index >= 15 is 0 Å². The van der Waals surface area contributed by atoms with Gasteiger partial charge in [-0.15, -0.1) is 0 Å². The number of aliphatic hydroxyl groups is 1. The van der Waals surface area contributed by atoms with Crippen LogP contribution in [0.25, 0.3) is 0 Å². The van der Waals surface area contributed by atoms with Gasteiger partial charge in [0.25, 0.3) is 5.91 Å². The maximum atomic E-state index is 12.3. The first-order valence-electron chi connectivity index (χ1n) is 6.98. The first kappa shape index (κ1) is 17.0. The van der Waals surface area contributed by atoms with Gasteiger partial charge in [-0.05, 0) is 18.8 Å². The third-order valence-corrected chi connectivity index (χ3v) is 4.11. The lowest BCUT2D eigenvalue weighted by atomic mass is 9.97. The first-order chi connectivity index (χ1) is 9.25. The van der Waals surface area contributed by atoms with Crippen LogP contribution >= 0.6 is 11.6 Å². The summed E-state index contributed by atoms with van der Waals surface area (Å²) in [5.41, 5.74) is 0.202. The second kappa shape index (κ2) is 6.59. The molecule has 5 nitrogen and oxygen atoms in total. The van der Waals surface area contributed by atoms with Crippen LogP contribution < -0.4 is 5.32 Å². The van der Waals surface area contributed by atoms with E-state index in [9.17, 15) is 9.90 Å². The molecule has 0 unspecified atom stereocenters. The predicted molar refractivity (Wildman–Crippen MR) is 80.2 cm³/mol. The molecule has 0 saturated carbocycles. The van der Waals surface area contributed by atoms with Crippen LogP contribution in [-0.4, -0.2) is 32.9 Å². The van der Waals surface area contributed by atoms with Gasteiger partial charge in [0.05, 0.1) is 16.9 Å². The van der Waals surface area contributed by atoms with Crippen LogP contribution in [0, 0.1) is 0 Å². The Bertz CT molecular complexity index is 479. The summed E-state index contributed by atoms with van der Waals surface area (Å²) in [6.07, 6.45) is 1.17. The number of carbonyl (C=O) groups is 1. The number of hydrogen-bond donors (Lipinski definition) is 2. The van der Waals surface area contributed by atoms with Crippen LogP contribution in [-0.2, 0) is 7.05 Å². The van der Waals surface area contributed by atoms with Crippen LogP contribution in [0.5, 0.6) is 0 Å². The van der Waals surface area contributed by atoms with Crippen molar-refractivity contribution in [1.82, 2.24) is 15.1 Å². The van der Waals surface area contributed by atoms with Gasteiger partial charge >= 0.3 is 0 Å². The molecule has 1 heterocycles. The molecule has 1 aromatic heterocycles. The highest BCUT2D eigenvalue weighted by atomic mass is 35.5. The summed E-state index contributed by atoms with van der Waals surface area (Å²) in [7, 11) is 1.71. The maximum absolute atomic E-state index is 12.3. The standard InChI is InChI=1S/C14H24ClN3O2/c1-6-14(20,7-2)8-16-13(19)10-11(9(3)4)17-18(5)12(10)15/h9,20H,6-8H2,1-5H3,(H,16,19). The zero-order valence-electron chi connectivity index (χ0n) is 12.8. The second-order valence-electron chi connectivity index (χ2n) is 5.44. The van der Waals surface area contributed by atoms with Crippen LogP contribution in [0.2, 0.25) is 5.15 Å². The third kappa shape index (κ3) is 3.52. The number of aromatic nitrogens is 2. The molecule has 20 heavy (non-hydrogen) atoms. The number of aryl methyl sites for hydroxylation is 1. The Balaban J connectivity index is 2.93. The minimum absolute atomic E-state index is 0.102. The molecule has 0 atom stereocenters. The molecule has 0 aromatic carbocycles. The van der Waals surface area contributed by atoms with Crippen LogP contribution in [0.4, 0.5) is 0 Å². The molecule has 0 radical (unpaired) electrons. The molecule has 0 spiro atoms. The summed E-state index contributed by atoms with van der Waals surface area (Å²) < 4.78 is 1.50. The van der Waals surface area contributed by atoms with E-state index in [1.54, 1.807) is 7.05 Å².